The zero-order chi connectivity index (χ0) is 22.3. The highest BCUT2D eigenvalue weighted by Crippen LogP contribution is 2.20. The lowest BCUT2D eigenvalue weighted by Gasteiger charge is -2.12. The highest BCUT2D eigenvalue weighted by molar-refractivity contribution is 6.00. The van der Waals surface area contributed by atoms with Gasteiger partial charge in [0.25, 0.3) is 5.91 Å². The highest BCUT2D eigenvalue weighted by Gasteiger charge is 2.16. The van der Waals surface area contributed by atoms with E-state index in [0.29, 0.717) is 17.2 Å². The lowest BCUT2D eigenvalue weighted by molar-refractivity contribution is -0.142. The molecule has 1 amide bonds. The minimum absolute atomic E-state index is 0.181. The quantitative estimate of drug-likeness (QED) is 0.430. The monoisotopic (exact) mass is 404 g/mol. The number of nitrogens with zero attached hydrogens (tertiary/aromatic N) is 3. The molecule has 0 unspecified atom stereocenters. The first kappa shape index (κ1) is 22.4. The molecule has 2 aromatic rings. The van der Waals surface area contributed by atoms with Crippen molar-refractivity contribution in [1.82, 2.24) is 4.57 Å². The number of anilines is 1. The molecule has 1 heterocycles. The van der Waals surface area contributed by atoms with Crippen molar-refractivity contribution in [2.24, 2.45) is 5.92 Å². The molecule has 1 aromatic carbocycles. The summed E-state index contributed by atoms with van der Waals surface area (Å²) in [4.78, 5) is 24.3. The Bertz CT molecular complexity index is 1070. The van der Waals surface area contributed by atoms with Gasteiger partial charge < -0.3 is 14.6 Å². The topological polar surface area (TPSA) is 108 Å². The summed E-state index contributed by atoms with van der Waals surface area (Å²) in [5.74, 6) is -0.975. The van der Waals surface area contributed by atoms with Crippen LogP contribution in [0.25, 0.3) is 6.08 Å². The number of carbonyl (C=O) groups excluding carboxylic acids is 2. The van der Waals surface area contributed by atoms with Crippen molar-refractivity contribution in [3.63, 3.8) is 0 Å². The zero-order valence-electron chi connectivity index (χ0n) is 17.5. The van der Waals surface area contributed by atoms with Crippen molar-refractivity contribution in [3.05, 3.63) is 58.4 Å². The smallest absolute Gasteiger partial charge is 0.349 e. The van der Waals surface area contributed by atoms with Crippen LogP contribution in [0.15, 0.2) is 35.9 Å². The van der Waals surface area contributed by atoms with Gasteiger partial charge in [-0.25, -0.2) is 4.79 Å². The summed E-state index contributed by atoms with van der Waals surface area (Å²) in [5.41, 5.74) is 3.39. The van der Waals surface area contributed by atoms with Crippen LogP contribution in [0.3, 0.4) is 0 Å². The summed E-state index contributed by atoms with van der Waals surface area (Å²) >= 11 is 0. The summed E-state index contributed by atoms with van der Waals surface area (Å²) in [5, 5.41) is 20.8. The number of aromatic nitrogens is 1. The molecule has 0 spiro atoms. The van der Waals surface area contributed by atoms with E-state index in [9.17, 15) is 14.9 Å². The Morgan fingerprint density at radius 2 is 1.97 bits per heavy atom. The van der Waals surface area contributed by atoms with E-state index >= 15 is 0 Å². The van der Waals surface area contributed by atoms with E-state index in [1.54, 1.807) is 18.2 Å². The molecule has 0 atom stereocenters. The van der Waals surface area contributed by atoms with E-state index in [4.69, 9.17) is 10.00 Å². The molecule has 0 bridgehead atoms. The predicted molar refractivity (Wildman–Crippen MR) is 113 cm³/mol. The molecule has 1 N–H and O–H groups in total. The van der Waals surface area contributed by atoms with Crippen LogP contribution in [-0.4, -0.2) is 23.1 Å². The minimum atomic E-state index is -0.868. The SMILES string of the molecule is Cc1cc(/C=C(\C#N)C(=O)OCC(=O)Nc2cccc(C#N)c2)c(C)n1CC(C)C. The van der Waals surface area contributed by atoms with Gasteiger partial charge >= 0.3 is 5.97 Å². The fourth-order valence-electron chi connectivity index (χ4n) is 2.98. The molecule has 0 fully saturated rings. The lowest BCUT2D eigenvalue weighted by atomic mass is 10.1. The maximum Gasteiger partial charge on any atom is 0.349 e. The standard InChI is InChI=1S/C23H24N4O3/c1-15(2)13-27-16(3)8-19(17(27)4)10-20(12-25)23(29)30-14-22(28)26-21-7-5-6-18(9-21)11-24/h5-10,15H,13-14H2,1-4H3,(H,26,28)/b20-10+. The van der Waals surface area contributed by atoms with Crippen LogP contribution in [0.2, 0.25) is 0 Å². The maximum absolute atomic E-state index is 12.3. The minimum Gasteiger partial charge on any atom is -0.451 e. The number of amides is 1. The van der Waals surface area contributed by atoms with Crippen LogP contribution in [-0.2, 0) is 20.9 Å². The normalized spacial score (nSPS) is 11.0. The van der Waals surface area contributed by atoms with Crippen molar-refractivity contribution in [1.29, 1.82) is 10.5 Å². The molecule has 0 aliphatic rings. The van der Waals surface area contributed by atoms with E-state index < -0.39 is 18.5 Å². The molecule has 0 aliphatic carbocycles. The van der Waals surface area contributed by atoms with Crippen molar-refractivity contribution < 1.29 is 14.3 Å². The van der Waals surface area contributed by atoms with E-state index in [0.717, 1.165) is 23.5 Å². The number of hydrogen-bond acceptors (Lipinski definition) is 5. The number of ether oxygens (including phenoxy) is 1. The molecule has 0 radical (unpaired) electrons. The van der Waals surface area contributed by atoms with Gasteiger partial charge in [-0.2, -0.15) is 10.5 Å². The summed E-state index contributed by atoms with van der Waals surface area (Å²) in [6.07, 6.45) is 1.48. The van der Waals surface area contributed by atoms with Crippen molar-refractivity contribution in [2.75, 3.05) is 11.9 Å². The van der Waals surface area contributed by atoms with Gasteiger partial charge in [-0.05, 0) is 55.7 Å². The summed E-state index contributed by atoms with van der Waals surface area (Å²) in [6, 6.07) is 12.1. The van der Waals surface area contributed by atoms with Crippen molar-refractivity contribution in [3.8, 4) is 12.1 Å². The molecule has 154 valence electrons. The Labute approximate surface area is 176 Å². The maximum atomic E-state index is 12.3. The lowest BCUT2D eigenvalue weighted by Crippen LogP contribution is -2.21. The Morgan fingerprint density at radius 3 is 2.60 bits per heavy atom. The predicted octanol–water partition coefficient (Wildman–Crippen LogP) is 3.72. The number of rotatable bonds is 7. The average Bonchev–Trinajstić information content (AvgIpc) is 2.97. The Balaban J connectivity index is 2.05. The van der Waals surface area contributed by atoms with Crippen LogP contribution in [0.4, 0.5) is 5.69 Å². The van der Waals surface area contributed by atoms with Crippen LogP contribution in [0.1, 0.15) is 36.4 Å². The van der Waals surface area contributed by atoms with Gasteiger partial charge in [0.15, 0.2) is 6.61 Å². The molecule has 0 aliphatic heterocycles. The number of aryl methyl sites for hydroxylation is 1. The van der Waals surface area contributed by atoms with Crippen molar-refractivity contribution in [2.45, 2.75) is 34.2 Å². The largest absolute Gasteiger partial charge is 0.451 e. The molecule has 0 saturated heterocycles. The Kier molecular flexibility index (Phi) is 7.55. The van der Waals surface area contributed by atoms with Gasteiger partial charge in [0.2, 0.25) is 0 Å². The third-order valence-corrected chi connectivity index (χ3v) is 4.41. The molecule has 0 saturated carbocycles. The van der Waals surface area contributed by atoms with Gasteiger partial charge in [0, 0.05) is 23.6 Å². The van der Waals surface area contributed by atoms with Crippen LogP contribution >= 0.6 is 0 Å². The van der Waals surface area contributed by atoms with Gasteiger partial charge in [0.05, 0.1) is 11.6 Å². The first-order valence-electron chi connectivity index (χ1n) is 9.50. The van der Waals surface area contributed by atoms with Crippen LogP contribution in [0.5, 0.6) is 0 Å². The number of nitriles is 2. The molecule has 1 aromatic heterocycles. The molecule has 7 heteroatoms. The summed E-state index contributed by atoms with van der Waals surface area (Å²) in [6.45, 7) is 8.45. The molecule has 2 rings (SSSR count). The highest BCUT2D eigenvalue weighted by atomic mass is 16.5. The number of esters is 1. The van der Waals surface area contributed by atoms with Crippen LogP contribution in [0, 0.1) is 42.4 Å². The molecule has 7 nitrogen and oxygen atoms in total. The molecular weight excluding hydrogens is 380 g/mol. The molecule has 30 heavy (non-hydrogen) atoms. The second-order valence-electron chi connectivity index (χ2n) is 7.32. The third-order valence-electron chi connectivity index (χ3n) is 4.41. The first-order chi connectivity index (χ1) is 14.2. The third kappa shape index (κ3) is 5.83. The number of benzene rings is 1. The Hall–Kier alpha value is -3.84. The van der Waals surface area contributed by atoms with Gasteiger partial charge in [-0.15, -0.1) is 0 Å². The summed E-state index contributed by atoms with van der Waals surface area (Å²) < 4.78 is 7.12. The molecular formula is C23H24N4O3. The second kappa shape index (κ2) is 10.1. The Morgan fingerprint density at radius 1 is 1.23 bits per heavy atom. The number of hydrogen-bond donors (Lipinski definition) is 1. The first-order valence-corrected chi connectivity index (χ1v) is 9.50. The van der Waals surface area contributed by atoms with E-state index in [2.05, 4.69) is 23.7 Å². The second-order valence-corrected chi connectivity index (χ2v) is 7.32. The van der Waals surface area contributed by atoms with E-state index in [-0.39, 0.29) is 5.57 Å². The average molecular weight is 404 g/mol. The van der Waals surface area contributed by atoms with E-state index in [1.807, 2.05) is 32.1 Å². The van der Waals surface area contributed by atoms with E-state index in [1.165, 1.54) is 12.1 Å². The fourth-order valence-corrected chi connectivity index (χ4v) is 2.98. The summed E-state index contributed by atoms with van der Waals surface area (Å²) in [7, 11) is 0. The van der Waals surface area contributed by atoms with Gasteiger partial charge in [-0.1, -0.05) is 19.9 Å². The zero-order valence-corrected chi connectivity index (χ0v) is 17.5. The van der Waals surface area contributed by atoms with Gasteiger partial charge in [0.1, 0.15) is 11.6 Å². The van der Waals surface area contributed by atoms with Gasteiger partial charge in [-0.3, -0.25) is 4.79 Å². The number of nitrogens with one attached hydrogen (secondary N) is 1. The van der Waals surface area contributed by atoms with Crippen LogP contribution < -0.4 is 5.32 Å². The number of carbonyl (C=O) groups is 2. The van der Waals surface area contributed by atoms with Crippen molar-refractivity contribution >= 4 is 23.6 Å². The fraction of sp³-hybridized carbons (Fsp3) is 0.304.